The quantitative estimate of drug-likeness (QED) is 0.501. The van der Waals surface area contributed by atoms with Crippen molar-refractivity contribution in [2.75, 3.05) is 5.32 Å². The van der Waals surface area contributed by atoms with Gasteiger partial charge in [-0.2, -0.15) is 0 Å². The fourth-order valence-corrected chi connectivity index (χ4v) is 4.49. The molecule has 3 aromatic rings. The third kappa shape index (κ3) is 3.24. The molecule has 2 aromatic carbocycles. The predicted octanol–water partition coefficient (Wildman–Crippen LogP) is 5.77. The predicted molar refractivity (Wildman–Crippen MR) is 99.2 cm³/mol. The number of rotatable bonds is 2. The van der Waals surface area contributed by atoms with E-state index in [-0.39, 0.29) is 5.91 Å². The van der Waals surface area contributed by atoms with Crippen LogP contribution in [0.4, 0.5) is 5.69 Å². The van der Waals surface area contributed by atoms with E-state index in [1.165, 1.54) is 0 Å². The molecule has 6 heteroatoms. The van der Waals surface area contributed by atoms with Crippen LogP contribution in [0.25, 0.3) is 10.9 Å². The third-order valence-corrected chi connectivity index (χ3v) is 4.79. The molecule has 0 saturated carbocycles. The van der Waals surface area contributed by atoms with Crippen molar-refractivity contribution in [3.8, 4) is 0 Å². The summed E-state index contributed by atoms with van der Waals surface area (Å²) in [4.78, 5) is 16.8. The Labute approximate surface area is 152 Å². The molecule has 0 bridgehead atoms. The van der Waals surface area contributed by atoms with Crippen LogP contribution in [0.2, 0.25) is 0 Å². The van der Waals surface area contributed by atoms with Gasteiger partial charge < -0.3 is 5.32 Å². The zero-order valence-corrected chi connectivity index (χ0v) is 15.9. The lowest BCUT2D eigenvalue weighted by Crippen LogP contribution is -2.14. The van der Waals surface area contributed by atoms with Gasteiger partial charge in [-0.25, -0.2) is 4.98 Å². The van der Waals surface area contributed by atoms with Crippen molar-refractivity contribution in [1.29, 1.82) is 0 Å². The van der Waals surface area contributed by atoms with E-state index in [1.54, 1.807) is 6.07 Å². The Bertz CT molecular complexity index is 857. The zero-order valence-electron chi connectivity index (χ0n) is 11.1. The molecule has 0 aliphatic rings. The van der Waals surface area contributed by atoms with Crippen molar-refractivity contribution in [1.82, 2.24) is 4.98 Å². The molecule has 0 atom stereocenters. The number of carbonyl (C=O) groups is 1. The van der Waals surface area contributed by atoms with Crippen LogP contribution in [0, 0.1) is 0 Å². The van der Waals surface area contributed by atoms with Gasteiger partial charge in [0.25, 0.3) is 5.91 Å². The molecule has 1 N–H and O–H groups in total. The summed E-state index contributed by atoms with van der Waals surface area (Å²) in [6.07, 6.45) is 0. The van der Waals surface area contributed by atoms with Gasteiger partial charge in [0.2, 0.25) is 0 Å². The maximum absolute atomic E-state index is 12.4. The molecule has 0 unspecified atom stereocenters. The van der Waals surface area contributed by atoms with Crippen LogP contribution in [-0.2, 0) is 0 Å². The zero-order chi connectivity index (χ0) is 15.7. The van der Waals surface area contributed by atoms with E-state index in [1.807, 2.05) is 42.5 Å². The van der Waals surface area contributed by atoms with Gasteiger partial charge in [0.15, 0.2) is 0 Å². The summed E-state index contributed by atoms with van der Waals surface area (Å²) in [6, 6.07) is 15.0. The van der Waals surface area contributed by atoms with E-state index in [9.17, 15) is 4.79 Å². The first-order valence-corrected chi connectivity index (χ1v) is 8.74. The number of hydrogen-bond acceptors (Lipinski definition) is 2. The second-order valence-electron chi connectivity index (χ2n) is 4.59. The number of hydrogen-bond donors (Lipinski definition) is 1. The molecule has 1 aromatic heterocycles. The number of para-hydroxylation sites is 1. The van der Waals surface area contributed by atoms with Crippen LogP contribution in [0.1, 0.15) is 10.5 Å². The lowest BCUT2D eigenvalue weighted by atomic mass is 10.2. The molecule has 1 amide bonds. The number of aromatic nitrogens is 1. The van der Waals surface area contributed by atoms with Crippen molar-refractivity contribution < 1.29 is 4.79 Å². The fourth-order valence-electron chi connectivity index (χ4n) is 2.03. The molecule has 3 rings (SSSR count). The highest BCUT2D eigenvalue weighted by Crippen LogP contribution is 2.34. The molecule has 1 heterocycles. The van der Waals surface area contributed by atoms with Gasteiger partial charge in [-0.1, -0.05) is 40.2 Å². The van der Waals surface area contributed by atoms with E-state index in [4.69, 9.17) is 0 Å². The second-order valence-corrected chi connectivity index (χ2v) is 7.21. The SMILES string of the molecule is O=C(Nc1c(Br)cc(Br)cc1Br)c1ccc2ccccc2n1. The molecule has 0 radical (unpaired) electrons. The summed E-state index contributed by atoms with van der Waals surface area (Å²) in [5.41, 5.74) is 1.84. The Morgan fingerprint density at radius 3 is 2.36 bits per heavy atom. The van der Waals surface area contributed by atoms with Crippen molar-refractivity contribution in [2.24, 2.45) is 0 Å². The van der Waals surface area contributed by atoms with Gasteiger partial charge in [0.05, 0.1) is 11.2 Å². The van der Waals surface area contributed by atoms with Crippen LogP contribution < -0.4 is 5.32 Å². The fraction of sp³-hybridized carbons (Fsp3) is 0. The Kier molecular flexibility index (Phi) is 4.61. The van der Waals surface area contributed by atoms with Crippen LogP contribution in [0.5, 0.6) is 0 Å². The summed E-state index contributed by atoms with van der Waals surface area (Å²) in [6.45, 7) is 0. The summed E-state index contributed by atoms with van der Waals surface area (Å²) >= 11 is 10.3. The minimum absolute atomic E-state index is 0.255. The minimum Gasteiger partial charge on any atom is -0.319 e. The van der Waals surface area contributed by atoms with E-state index >= 15 is 0 Å². The van der Waals surface area contributed by atoms with Gasteiger partial charge in [-0.3, -0.25) is 4.79 Å². The monoisotopic (exact) mass is 482 g/mol. The number of nitrogens with zero attached hydrogens (tertiary/aromatic N) is 1. The lowest BCUT2D eigenvalue weighted by molar-refractivity contribution is 0.102. The largest absolute Gasteiger partial charge is 0.319 e. The maximum Gasteiger partial charge on any atom is 0.274 e. The molecule has 0 spiro atoms. The summed E-state index contributed by atoms with van der Waals surface area (Å²) in [5, 5.41) is 3.88. The van der Waals surface area contributed by atoms with Crippen LogP contribution in [-0.4, -0.2) is 10.9 Å². The highest BCUT2D eigenvalue weighted by molar-refractivity contribution is 9.11. The van der Waals surface area contributed by atoms with Gasteiger partial charge in [-0.05, 0) is 56.1 Å². The van der Waals surface area contributed by atoms with Crippen LogP contribution in [0.3, 0.4) is 0 Å². The normalized spacial score (nSPS) is 10.7. The van der Waals surface area contributed by atoms with Crippen molar-refractivity contribution in [3.05, 3.63) is 67.6 Å². The molecule has 22 heavy (non-hydrogen) atoms. The lowest BCUT2D eigenvalue weighted by Gasteiger charge is -2.10. The number of fused-ring (bicyclic) bond motifs is 1. The number of nitrogens with one attached hydrogen (secondary N) is 1. The van der Waals surface area contributed by atoms with Gasteiger partial charge in [-0.15, -0.1) is 0 Å². The van der Waals surface area contributed by atoms with Crippen molar-refractivity contribution in [3.63, 3.8) is 0 Å². The molecule has 0 saturated heterocycles. The second kappa shape index (κ2) is 6.48. The highest BCUT2D eigenvalue weighted by atomic mass is 79.9. The molecule has 0 aliphatic carbocycles. The Morgan fingerprint density at radius 1 is 0.955 bits per heavy atom. The van der Waals surface area contributed by atoms with Gasteiger partial charge in [0, 0.05) is 18.8 Å². The van der Waals surface area contributed by atoms with Crippen LogP contribution >= 0.6 is 47.8 Å². The number of carbonyl (C=O) groups excluding carboxylic acids is 1. The first-order chi connectivity index (χ1) is 10.5. The molecular formula is C16H9Br3N2O. The molecule has 110 valence electrons. The average molecular weight is 485 g/mol. The average Bonchev–Trinajstić information content (AvgIpc) is 2.50. The van der Waals surface area contributed by atoms with Gasteiger partial charge in [0.1, 0.15) is 5.69 Å². The summed E-state index contributed by atoms with van der Waals surface area (Å²) in [5.74, 6) is -0.255. The first-order valence-electron chi connectivity index (χ1n) is 6.36. The maximum atomic E-state index is 12.4. The van der Waals surface area contributed by atoms with E-state index in [0.29, 0.717) is 11.4 Å². The first kappa shape index (κ1) is 15.6. The van der Waals surface area contributed by atoms with Crippen LogP contribution in [0.15, 0.2) is 61.9 Å². The number of amides is 1. The Hall–Kier alpha value is -1.24. The van der Waals surface area contributed by atoms with E-state index in [2.05, 4.69) is 58.1 Å². The van der Waals surface area contributed by atoms with Crippen molar-refractivity contribution in [2.45, 2.75) is 0 Å². The summed E-state index contributed by atoms with van der Waals surface area (Å²) in [7, 11) is 0. The van der Waals surface area contributed by atoms with Crippen molar-refractivity contribution >= 4 is 70.3 Å². The van der Waals surface area contributed by atoms with Gasteiger partial charge >= 0.3 is 0 Å². The van der Waals surface area contributed by atoms with E-state index in [0.717, 1.165) is 24.3 Å². The third-order valence-electron chi connectivity index (χ3n) is 3.08. The number of benzene rings is 2. The Morgan fingerprint density at radius 2 is 1.64 bits per heavy atom. The minimum atomic E-state index is -0.255. The number of anilines is 1. The molecule has 3 nitrogen and oxygen atoms in total. The standard InChI is InChI=1S/C16H9Br3N2O/c17-10-7-11(18)15(12(19)8-10)21-16(22)14-6-5-9-3-1-2-4-13(9)20-14/h1-8H,(H,21,22). The van der Waals surface area contributed by atoms with E-state index < -0.39 is 0 Å². The highest BCUT2D eigenvalue weighted by Gasteiger charge is 2.13. The smallest absolute Gasteiger partial charge is 0.274 e. The number of halogens is 3. The Balaban J connectivity index is 1.93. The summed E-state index contributed by atoms with van der Waals surface area (Å²) < 4.78 is 2.47. The molecular weight excluding hydrogens is 476 g/mol. The molecule has 0 aliphatic heterocycles. The number of pyridine rings is 1. The topological polar surface area (TPSA) is 42.0 Å². The molecule has 0 fully saturated rings.